The van der Waals surface area contributed by atoms with E-state index in [1.165, 1.54) is 12.1 Å². The lowest BCUT2D eigenvalue weighted by atomic mass is 9.86. The molecule has 0 bridgehead atoms. The molecule has 1 saturated carbocycles. The van der Waals surface area contributed by atoms with Crippen molar-refractivity contribution in [2.24, 2.45) is 5.92 Å². The average molecular weight is 503 g/mol. The molecule has 1 aromatic carbocycles. The number of nitrogens with zero attached hydrogens (tertiary/aromatic N) is 1. The maximum atomic E-state index is 13.5. The number of halogens is 2. The topological polar surface area (TPSA) is 61.4 Å². The van der Waals surface area contributed by atoms with Crippen molar-refractivity contribution in [3.63, 3.8) is 0 Å². The van der Waals surface area contributed by atoms with E-state index in [2.05, 4.69) is 10.6 Å². The van der Waals surface area contributed by atoms with E-state index in [-0.39, 0.29) is 17.4 Å². The van der Waals surface area contributed by atoms with Gasteiger partial charge in [-0.2, -0.15) is 0 Å². The van der Waals surface area contributed by atoms with E-state index in [0.29, 0.717) is 34.2 Å². The molecule has 0 saturated heterocycles. The van der Waals surface area contributed by atoms with Crippen LogP contribution in [0.1, 0.15) is 56.8 Å². The number of carbonyl (C=O) groups is 2. The summed E-state index contributed by atoms with van der Waals surface area (Å²) in [7, 11) is 1.84. The number of benzene rings is 1. The number of hydrogen-bond acceptors (Lipinski definition) is 3. The van der Waals surface area contributed by atoms with Crippen molar-refractivity contribution in [2.45, 2.75) is 58.0 Å². The first-order valence-corrected chi connectivity index (χ1v) is 10.9. The number of carbonyl (C=O) groups excluding carboxylic acids is 2. The molecule has 28 heavy (non-hydrogen) atoms. The Morgan fingerprint density at radius 3 is 2.39 bits per heavy atom. The molecular formula is C21H31FIN3O2. The molecule has 2 N–H and O–H groups in total. The van der Waals surface area contributed by atoms with E-state index in [1.54, 1.807) is 11.0 Å². The summed E-state index contributed by atoms with van der Waals surface area (Å²) >= 11 is 2.00. The lowest BCUT2D eigenvalue weighted by Crippen LogP contribution is -2.48. The molecule has 156 valence electrons. The van der Waals surface area contributed by atoms with Crippen LogP contribution >= 0.6 is 22.6 Å². The highest BCUT2D eigenvalue weighted by atomic mass is 127. The minimum atomic E-state index is -0.393. The van der Waals surface area contributed by atoms with Gasteiger partial charge in [-0.1, -0.05) is 0 Å². The van der Waals surface area contributed by atoms with Gasteiger partial charge in [0.2, 0.25) is 5.91 Å². The Hall–Kier alpha value is -1.22. The third-order valence-electron chi connectivity index (χ3n) is 5.45. The van der Waals surface area contributed by atoms with Gasteiger partial charge in [0.1, 0.15) is 5.82 Å². The Labute approximate surface area is 181 Å². The molecule has 2 amide bonds. The Balaban J connectivity index is 1.71. The highest BCUT2D eigenvalue weighted by Gasteiger charge is 2.25. The molecule has 2 rings (SSSR count). The monoisotopic (exact) mass is 503 g/mol. The summed E-state index contributed by atoms with van der Waals surface area (Å²) in [5, 5.41) is 6.31. The molecule has 5 nitrogen and oxygen atoms in total. The van der Waals surface area contributed by atoms with E-state index in [4.69, 9.17) is 0 Å². The van der Waals surface area contributed by atoms with Crippen molar-refractivity contribution in [2.75, 3.05) is 20.1 Å². The van der Waals surface area contributed by atoms with Crippen LogP contribution in [0.4, 0.5) is 4.39 Å². The van der Waals surface area contributed by atoms with Crippen molar-refractivity contribution in [1.29, 1.82) is 0 Å². The molecule has 1 aliphatic carbocycles. The lowest BCUT2D eigenvalue weighted by Gasteiger charge is -2.33. The van der Waals surface area contributed by atoms with Gasteiger partial charge >= 0.3 is 0 Å². The smallest absolute Gasteiger partial charge is 0.251 e. The number of amides is 2. The van der Waals surface area contributed by atoms with Crippen molar-refractivity contribution in [1.82, 2.24) is 15.5 Å². The second-order valence-electron chi connectivity index (χ2n) is 8.59. The van der Waals surface area contributed by atoms with Crippen molar-refractivity contribution >= 4 is 34.4 Å². The average Bonchev–Trinajstić information content (AvgIpc) is 2.62. The molecule has 1 aliphatic rings. The quantitative estimate of drug-likeness (QED) is 0.584. The SMILES string of the molecule is CN(C(=O)CNC1CCC(CNC(=O)c2cc(F)cc(I)c2)CC1)C(C)(C)C. The minimum Gasteiger partial charge on any atom is -0.352 e. The second kappa shape index (κ2) is 10.0. The minimum absolute atomic E-state index is 0.103. The fraction of sp³-hybridized carbons (Fsp3) is 0.619. The first-order valence-electron chi connectivity index (χ1n) is 9.80. The van der Waals surface area contributed by atoms with Crippen LogP contribution in [0.3, 0.4) is 0 Å². The number of nitrogens with one attached hydrogen (secondary N) is 2. The van der Waals surface area contributed by atoms with Crippen molar-refractivity contribution in [3.8, 4) is 0 Å². The molecule has 0 spiro atoms. The first kappa shape index (κ1) is 23.1. The van der Waals surface area contributed by atoms with Gasteiger partial charge in [0.25, 0.3) is 5.91 Å². The van der Waals surface area contributed by atoms with Crippen LogP contribution in [0.2, 0.25) is 0 Å². The maximum Gasteiger partial charge on any atom is 0.251 e. The van der Waals surface area contributed by atoms with Gasteiger partial charge in [-0.15, -0.1) is 0 Å². The van der Waals surface area contributed by atoms with Gasteiger partial charge in [-0.05, 0) is 93.2 Å². The second-order valence-corrected chi connectivity index (χ2v) is 9.84. The summed E-state index contributed by atoms with van der Waals surface area (Å²) in [4.78, 5) is 26.3. The van der Waals surface area contributed by atoms with E-state index < -0.39 is 5.82 Å². The highest BCUT2D eigenvalue weighted by molar-refractivity contribution is 14.1. The largest absolute Gasteiger partial charge is 0.352 e. The fourth-order valence-electron chi connectivity index (χ4n) is 3.32. The number of hydrogen-bond donors (Lipinski definition) is 2. The zero-order valence-electron chi connectivity index (χ0n) is 17.1. The van der Waals surface area contributed by atoms with E-state index in [1.807, 2.05) is 50.4 Å². The fourth-order valence-corrected chi connectivity index (χ4v) is 3.95. The van der Waals surface area contributed by atoms with Gasteiger partial charge in [0, 0.05) is 34.3 Å². The van der Waals surface area contributed by atoms with Crippen LogP contribution in [-0.4, -0.2) is 48.4 Å². The number of rotatable bonds is 6. The van der Waals surface area contributed by atoms with Crippen LogP contribution in [0, 0.1) is 15.3 Å². The van der Waals surface area contributed by atoms with Crippen molar-refractivity contribution in [3.05, 3.63) is 33.1 Å². The summed E-state index contributed by atoms with van der Waals surface area (Å²) < 4.78 is 14.2. The zero-order valence-corrected chi connectivity index (χ0v) is 19.3. The van der Waals surface area contributed by atoms with Gasteiger partial charge in [-0.25, -0.2) is 4.39 Å². The molecule has 0 aliphatic heterocycles. The molecule has 1 fully saturated rings. The number of likely N-dealkylation sites (N-methyl/N-ethyl adjacent to an activating group) is 1. The normalized spacial score (nSPS) is 19.9. The summed E-state index contributed by atoms with van der Waals surface area (Å²) in [5.41, 5.74) is 0.190. The van der Waals surface area contributed by atoms with Gasteiger partial charge in [0.05, 0.1) is 6.54 Å². The highest BCUT2D eigenvalue weighted by Crippen LogP contribution is 2.24. The molecule has 0 atom stereocenters. The Kier molecular flexibility index (Phi) is 8.24. The Morgan fingerprint density at radius 1 is 1.18 bits per heavy atom. The van der Waals surface area contributed by atoms with Gasteiger partial charge in [-0.3, -0.25) is 9.59 Å². The van der Waals surface area contributed by atoms with Crippen LogP contribution in [-0.2, 0) is 4.79 Å². The molecule has 0 radical (unpaired) electrons. The van der Waals surface area contributed by atoms with Crippen LogP contribution in [0.25, 0.3) is 0 Å². The van der Waals surface area contributed by atoms with Gasteiger partial charge < -0.3 is 15.5 Å². The summed E-state index contributed by atoms with van der Waals surface area (Å²) in [6.45, 7) is 7.03. The first-order chi connectivity index (χ1) is 13.1. The van der Waals surface area contributed by atoms with Crippen LogP contribution in [0.15, 0.2) is 18.2 Å². The Bertz CT molecular complexity index is 677. The van der Waals surface area contributed by atoms with Crippen molar-refractivity contribution < 1.29 is 14.0 Å². The molecular weight excluding hydrogens is 472 g/mol. The summed E-state index contributed by atoms with van der Waals surface area (Å²) in [6, 6.07) is 4.69. The van der Waals surface area contributed by atoms with Crippen LogP contribution < -0.4 is 10.6 Å². The van der Waals surface area contributed by atoms with E-state index in [0.717, 1.165) is 25.7 Å². The molecule has 0 unspecified atom stereocenters. The standard InChI is InChI=1S/C21H31FIN3O2/c1-21(2,3)26(4)19(27)13-24-18-7-5-14(6-8-18)12-25-20(28)15-9-16(22)11-17(23)10-15/h9-11,14,18,24H,5-8,12-13H2,1-4H3,(H,25,28). The molecule has 0 heterocycles. The Morgan fingerprint density at radius 2 is 1.82 bits per heavy atom. The van der Waals surface area contributed by atoms with Crippen LogP contribution in [0.5, 0.6) is 0 Å². The van der Waals surface area contributed by atoms with E-state index in [9.17, 15) is 14.0 Å². The van der Waals surface area contributed by atoms with E-state index >= 15 is 0 Å². The summed E-state index contributed by atoms with van der Waals surface area (Å²) in [6.07, 6.45) is 3.99. The maximum absolute atomic E-state index is 13.5. The third kappa shape index (κ3) is 6.99. The van der Waals surface area contributed by atoms with Gasteiger partial charge in [0.15, 0.2) is 0 Å². The predicted molar refractivity (Wildman–Crippen MR) is 118 cm³/mol. The molecule has 0 aromatic heterocycles. The summed E-state index contributed by atoms with van der Waals surface area (Å²) in [5.74, 6) is -0.0991. The molecule has 7 heteroatoms. The lowest BCUT2D eigenvalue weighted by molar-refractivity contribution is -0.133. The third-order valence-corrected chi connectivity index (χ3v) is 6.07. The predicted octanol–water partition coefficient (Wildman–Crippen LogP) is 3.57. The molecule has 1 aromatic rings. The zero-order chi connectivity index (χ0) is 20.9.